The Kier molecular flexibility index (Phi) is 6.00. The number of rotatable bonds is 10. The van der Waals surface area contributed by atoms with E-state index in [-0.39, 0.29) is 35.8 Å². The van der Waals surface area contributed by atoms with Crippen LogP contribution in [-0.4, -0.2) is 67.3 Å². The fraction of sp³-hybridized carbons (Fsp3) is 0.556. The minimum atomic E-state index is -1.49. The van der Waals surface area contributed by atoms with E-state index >= 15 is 0 Å². The van der Waals surface area contributed by atoms with E-state index in [4.69, 9.17) is 20.5 Å². The Morgan fingerprint density at radius 2 is 2.03 bits per heavy atom. The summed E-state index contributed by atoms with van der Waals surface area (Å²) in [5, 5.41) is 24.6. The van der Waals surface area contributed by atoms with Gasteiger partial charge < -0.3 is 20.8 Å². The van der Waals surface area contributed by atoms with E-state index in [0.29, 0.717) is 6.42 Å². The molecule has 0 radical (unpaired) electrons. The number of carboxylic acids is 2. The van der Waals surface area contributed by atoms with Gasteiger partial charge in [-0.3, -0.25) is 14.4 Å². The number of hydrogen-bond acceptors (Lipinski definition) is 10. The zero-order chi connectivity index (χ0) is 23.0. The molecule has 3 rings (SSSR count). The average molecular weight is 454 g/mol. The van der Waals surface area contributed by atoms with Crippen LogP contribution in [0, 0.1) is 5.92 Å². The SMILES string of the molecule is CC1(C)[C@H](CC(=O)/C(=N\OC2(C(=O)O)CCC2)c2csc(N)n2)C(=O)N1OCC(=O)O. The van der Waals surface area contributed by atoms with Crippen molar-refractivity contribution in [1.29, 1.82) is 0 Å². The lowest BCUT2D eigenvalue weighted by molar-refractivity contribution is -0.267. The van der Waals surface area contributed by atoms with Crippen molar-refractivity contribution in [2.24, 2.45) is 11.1 Å². The number of oxime groups is 1. The summed E-state index contributed by atoms with van der Waals surface area (Å²) in [5.41, 5.74) is 3.11. The van der Waals surface area contributed by atoms with Crippen molar-refractivity contribution in [3.8, 4) is 0 Å². The van der Waals surface area contributed by atoms with Crippen LogP contribution in [0.25, 0.3) is 0 Å². The Hall–Kier alpha value is -3.06. The predicted molar refractivity (Wildman–Crippen MR) is 106 cm³/mol. The number of ketones is 1. The van der Waals surface area contributed by atoms with Crippen LogP contribution in [0.5, 0.6) is 0 Å². The molecule has 1 atom stereocenters. The lowest BCUT2D eigenvalue weighted by Crippen LogP contribution is -2.68. The monoisotopic (exact) mass is 454 g/mol. The van der Waals surface area contributed by atoms with Gasteiger partial charge in [0.05, 0.1) is 11.5 Å². The van der Waals surface area contributed by atoms with Gasteiger partial charge in [-0.1, -0.05) is 5.16 Å². The highest BCUT2D eigenvalue weighted by Crippen LogP contribution is 2.40. The van der Waals surface area contributed by atoms with Crippen molar-refractivity contribution >= 4 is 45.8 Å². The van der Waals surface area contributed by atoms with Crippen molar-refractivity contribution in [3.05, 3.63) is 11.1 Å². The van der Waals surface area contributed by atoms with Crippen LogP contribution in [0.15, 0.2) is 10.5 Å². The van der Waals surface area contributed by atoms with Crippen molar-refractivity contribution in [3.63, 3.8) is 0 Å². The molecule has 13 heteroatoms. The van der Waals surface area contributed by atoms with Crippen LogP contribution in [0.1, 0.15) is 45.2 Å². The molecule has 1 aliphatic heterocycles. The summed E-state index contributed by atoms with van der Waals surface area (Å²) >= 11 is 1.07. The maximum absolute atomic E-state index is 13.0. The highest BCUT2D eigenvalue weighted by Gasteiger charge is 2.56. The largest absolute Gasteiger partial charge is 0.479 e. The molecular formula is C18H22N4O8S. The maximum atomic E-state index is 13.0. The van der Waals surface area contributed by atoms with E-state index in [2.05, 4.69) is 10.1 Å². The van der Waals surface area contributed by atoms with Crippen LogP contribution in [0.2, 0.25) is 0 Å². The second-order valence-electron chi connectivity index (χ2n) is 7.89. The first-order valence-corrected chi connectivity index (χ1v) is 10.3. The number of carbonyl (C=O) groups is 4. The Labute approximate surface area is 180 Å². The summed E-state index contributed by atoms with van der Waals surface area (Å²) < 4.78 is 0. The highest BCUT2D eigenvalue weighted by molar-refractivity contribution is 7.13. The van der Waals surface area contributed by atoms with Gasteiger partial charge in [-0.2, -0.15) is 0 Å². The number of aromatic nitrogens is 1. The topological polar surface area (TPSA) is 182 Å². The number of thiazole rings is 1. The number of aliphatic carboxylic acids is 2. The van der Waals surface area contributed by atoms with Crippen LogP contribution in [-0.2, 0) is 28.9 Å². The van der Waals surface area contributed by atoms with Crippen LogP contribution in [0.4, 0.5) is 5.13 Å². The molecule has 1 aromatic rings. The van der Waals surface area contributed by atoms with Gasteiger partial charge in [0.25, 0.3) is 5.91 Å². The molecule has 1 saturated heterocycles. The number of amides is 1. The van der Waals surface area contributed by atoms with Gasteiger partial charge in [0, 0.05) is 24.6 Å². The van der Waals surface area contributed by atoms with Gasteiger partial charge in [-0.25, -0.2) is 19.6 Å². The van der Waals surface area contributed by atoms with Crippen molar-refractivity contribution in [2.45, 2.75) is 50.7 Å². The smallest absolute Gasteiger partial charge is 0.350 e. The van der Waals surface area contributed by atoms with Gasteiger partial charge >= 0.3 is 11.9 Å². The number of carboxylic acid groups (broad SMARTS) is 2. The molecule has 0 bridgehead atoms. The molecule has 31 heavy (non-hydrogen) atoms. The van der Waals surface area contributed by atoms with E-state index in [1.165, 1.54) is 5.38 Å². The average Bonchev–Trinajstić information content (AvgIpc) is 3.06. The fourth-order valence-electron chi connectivity index (χ4n) is 3.38. The standard InChI is InChI=1S/C18H22N4O8S/c1-17(2)9(14(26)22(17)29-7-12(24)25)6-11(23)13(10-8-31-16(19)20-10)21-30-18(15(27)28)4-3-5-18/h8-9H,3-7H2,1-2H3,(H2,19,20)(H,24,25)(H,27,28)/b21-13-/t9-/m1/s1. The molecule has 12 nitrogen and oxygen atoms in total. The summed E-state index contributed by atoms with van der Waals surface area (Å²) in [6.45, 7) is 2.58. The number of carbonyl (C=O) groups excluding carboxylic acids is 2. The van der Waals surface area contributed by atoms with E-state index in [9.17, 15) is 24.3 Å². The van der Waals surface area contributed by atoms with Gasteiger partial charge in [-0.15, -0.1) is 11.3 Å². The van der Waals surface area contributed by atoms with E-state index in [1.807, 2.05) is 0 Å². The van der Waals surface area contributed by atoms with Gasteiger partial charge in [-0.05, 0) is 20.3 Å². The molecule has 168 valence electrons. The fourth-order valence-corrected chi connectivity index (χ4v) is 3.93. The predicted octanol–water partition coefficient (Wildman–Crippen LogP) is 0.666. The molecule has 1 aromatic heterocycles. The lowest BCUT2D eigenvalue weighted by Gasteiger charge is -2.51. The number of β-lactam (4-membered cyclic amide) rings is 1. The number of Topliss-reactive ketones (excluding diaryl/α,β-unsaturated/α-hetero) is 1. The Bertz CT molecular complexity index is 952. The van der Waals surface area contributed by atoms with E-state index in [1.54, 1.807) is 13.8 Å². The van der Waals surface area contributed by atoms with Crippen LogP contribution in [0.3, 0.4) is 0 Å². The Balaban J connectivity index is 1.78. The van der Waals surface area contributed by atoms with Crippen LogP contribution < -0.4 is 5.73 Å². The van der Waals surface area contributed by atoms with Crippen molar-refractivity contribution < 1.29 is 39.1 Å². The molecule has 2 heterocycles. The second kappa shape index (κ2) is 8.23. The minimum Gasteiger partial charge on any atom is -0.479 e. The highest BCUT2D eigenvalue weighted by atomic mass is 32.1. The molecule has 1 amide bonds. The molecule has 0 unspecified atom stereocenters. The van der Waals surface area contributed by atoms with Gasteiger partial charge in [0.2, 0.25) is 5.60 Å². The summed E-state index contributed by atoms with van der Waals surface area (Å²) in [7, 11) is 0. The summed E-state index contributed by atoms with van der Waals surface area (Å²) in [5.74, 6) is -4.34. The van der Waals surface area contributed by atoms with Gasteiger partial charge in [0.15, 0.2) is 23.2 Å². The number of nitrogens with two attached hydrogens (primary N) is 1. The molecule has 1 aliphatic carbocycles. The number of nitrogens with zero attached hydrogens (tertiary/aromatic N) is 3. The maximum Gasteiger partial charge on any atom is 0.350 e. The van der Waals surface area contributed by atoms with Crippen molar-refractivity contribution in [2.75, 3.05) is 12.3 Å². The van der Waals surface area contributed by atoms with Crippen LogP contribution >= 0.6 is 11.3 Å². The first-order valence-electron chi connectivity index (χ1n) is 9.41. The lowest BCUT2D eigenvalue weighted by atomic mass is 9.74. The zero-order valence-electron chi connectivity index (χ0n) is 16.9. The van der Waals surface area contributed by atoms with E-state index in [0.717, 1.165) is 16.4 Å². The summed E-state index contributed by atoms with van der Waals surface area (Å²) in [6, 6.07) is 0. The van der Waals surface area contributed by atoms with Gasteiger partial charge in [0.1, 0.15) is 5.69 Å². The third-order valence-corrected chi connectivity index (χ3v) is 6.15. The number of nitrogen functional groups attached to an aromatic ring is 1. The minimum absolute atomic E-state index is 0.121. The molecule has 0 aromatic carbocycles. The number of hydrogen-bond donors (Lipinski definition) is 3. The molecule has 4 N–H and O–H groups in total. The third-order valence-electron chi connectivity index (χ3n) is 5.47. The first kappa shape index (κ1) is 22.6. The molecular weight excluding hydrogens is 432 g/mol. The second-order valence-corrected chi connectivity index (χ2v) is 8.78. The third kappa shape index (κ3) is 4.23. The number of anilines is 1. The molecule has 2 fully saturated rings. The van der Waals surface area contributed by atoms with Crippen molar-refractivity contribution in [1.82, 2.24) is 10.0 Å². The number of hydroxylamine groups is 2. The Morgan fingerprint density at radius 3 is 2.48 bits per heavy atom. The summed E-state index contributed by atoms with van der Waals surface area (Å²) in [4.78, 5) is 61.9. The van der Waals surface area contributed by atoms with E-state index < -0.39 is 47.3 Å². The summed E-state index contributed by atoms with van der Waals surface area (Å²) in [6.07, 6.45) is 0.900. The molecule has 1 saturated carbocycles. The zero-order valence-corrected chi connectivity index (χ0v) is 17.7. The quantitative estimate of drug-likeness (QED) is 0.258. The molecule has 0 spiro atoms. The first-order chi connectivity index (χ1) is 14.5. The normalized spacial score (nSPS) is 21.7. The molecule has 2 aliphatic rings. The Morgan fingerprint density at radius 1 is 1.35 bits per heavy atom.